The number of ether oxygens (including phenoxy) is 1. The van der Waals surface area contributed by atoms with Gasteiger partial charge in [-0.05, 0) is 33.6 Å². The SMILES string of the molecule is CC(C)(C)OC(=O)N1CCC(n2c(SCC(=O)Cc3nccs3)nc3nccnc3c2=O)CC1. The van der Waals surface area contributed by atoms with Crippen LogP contribution in [0.15, 0.2) is 33.9 Å². The maximum atomic E-state index is 13.4. The Morgan fingerprint density at radius 2 is 1.88 bits per heavy atom. The van der Waals surface area contributed by atoms with Crippen LogP contribution in [-0.4, -0.2) is 65.7 Å². The standard InChI is InChI=1S/C22H26N6O4S2/c1-22(2,3)32-21(31)27-9-4-14(5-10-27)28-19(30)17-18(25-7-6-24-17)26-20(28)34-13-15(29)12-16-23-8-11-33-16/h6-8,11,14H,4-5,9-10,12-13H2,1-3H3. The number of ketones is 1. The summed E-state index contributed by atoms with van der Waals surface area (Å²) in [4.78, 5) is 57.0. The van der Waals surface area contributed by atoms with Gasteiger partial charge in [0.15, 0.2) is 16.3 Å². The number of amides is 1. The van der Waals surface area contributed by atoms with Gasteiger partial charge in [-0.2, -0.15) is 0 Å². The number of fused-ring (bicyclic) bond motifs is 1. The van der Waals surface area contributed by atoms with Gasteiger partial charge in [-0.1, -0.05) is 11.8 Å². The van der Waals surface area contributed by atoms with Gasteiger partial charge in [-0.3, -0.25) is 14.2 Å². The van der Waals surface area contributed by atoms with Gasteiger partial charge in [0.25, 0.3) is 5.56 Å². The predicted octanol–water partition coefficient (Wildman–Crippen LogP) is 3.12. The molecule has 0 N–H and O–H groups in total. The summed E-state index contributed by atoms with van der Waals surface area (Å²) < 4.78 is 7.09. The van der Waals surface area contributed by atoms with Crippen molar-refractivity contribution in [1.29, 1.82) is 0 Å². The molecule has 0 atom stereocenters. The number of rotatable bonds is 6. The Hall–Kier alpha value is -2.86. The van der Waals surface area contributed by atoms with Crippen molar-refractivity contribution in [2.45, 2.75) is 56.8 Å². The molecule has 0 spiro atoms. The second-order valence-corrected chi connectivity index (χ2v) is 10.8. The molecule has 10 nitrogen and oxygen atoms in total. The predicted molar refractivity (Wildman–Crippen MR) is 129 cm³/mol. The van der Waals surface area contributed by atoms with Crippen LogP contribution in [0.5, 0.6) is 0 Å². The topological polar surface area (TPSA) is 120 Å². The van der Waals surface area contributed by atoms with Gasteiger partial charge in [0, 0.05) is 43.1 Å². The Morgan fingerprint density at radius 1 is 1.15 bits per heavy atom. The number of hydrogen-bond acceptors (Lipinski definition) is 10. The van der Waals surface area contributed by atoms with E-state index in [1.807, 2.05) is 26.2 Å². The zero-order valence-corrected chi connectivity index (χ0v) is 20.9. The molecule has 0 saturated carbocycles. The summed E-state index contributed by atoms with van der Waals surface area (Å²) in [6, 6.07) is -0.179. The molecule has 0 bridgehead atoms. The Kier molecular flexibility index (Phi) is 7.27. The molecule has 0 radical (unpaired) electrons. The molecule has 1 aliphatic rings. The lowest BCUT2D eigenvalue weighted by Gasteiger charge is -2.34. The highest BCUT2D eigenvalue weighted by Gasteiger charge is 2.30. The van der Waals surface area contributed by atoms with E-state index in [2.05, 4.69) is 19.9 Å². The van der Waals surface area contributed by atoms with Crippen LogP contribution < -0.4 is 5.56 Å². The molecule has 180 valence electrons. The van der Waals surface area contributed by atoms with Gasteiger partial charge in [0.1, 0.15) is 11.4 Å². The molecule has 0 unspecified atom stereocenters. The van der Waals surface area contributed by atoms with Crippen LogP contribution >= 0.6 is 23.1 Å². The van der Waals surface area contributed by atoms with E-state index in [9.17, 15) is 14.4 Å². The maximum Gasteiger partial charge on any atom is 0.410 e. The average Bonchev–Trinajstić information content (AvgIpc) is 3.30. The lowest BCUT2D eigenvalue weighted by atomic mass is 10.1. The number of carbonyl (C=O) groups is 2. The molecule has 4 rings (SSSR count). The normalized spacial score (nSPS) is 15.0. The van der Waals surface area contributed by atoms with Crippen molar-refractivity contribution in [3.63, 3.8) is 0 Å². The lowest BCUT2D eigenvalue weighted by Crippen LogP contribution is -2.43. The number of piperidine rings is 1. The lowest BCUT2D eigenvalue weighted by molar-refractivity contribution is -0.116. The highest BCUT2D eigenvalue weighted by Crippen LogP contribution is 2.28. The Labute approximate surface area is 204 Å². The minimum absolute atomic E-state index is 0.000244. The van der Waals surface area contributed by atoms with E-state index in [1.165, 1.54) is 35.5 Å². The molecule has 3 aromatic rings. The van der Waals surface area contributed by atoms with Crippen molar-refractivity contribution in [2.75, 3.05) is 18.8 Å². The van der Waals surface area contributed by atoms with E-state index in [0.29, 0.717) is 31.1 Å². The van der Waals surface area contributed by atoms with Crippen LogP contribution in [0.25, 0.3) is 11.2 Å². The van der Waals surface area contributed by atoms with E-state index < -0.39 is 5.60 Å². The average molecular weight is 503 g/mol. The van der Waals surface area contributed by atoms with Crippen LogP contribution in [0.4, 0.5) is 4.79 Å². The minimum atomic E-state index is -0.569. The van der Waals surface area contributed by atoms with Gasteiger partial charge >= 0.3 is 6.09 Å². The highest BCUT2D eigenvalue weighted by molar-refractivity contribution is 7.99. The molecule has 1 amide bonds. The maximum absolute atomic E-state index is 13.4. The second-order valence-electron chi connectivity index (χ2n) is 8.93. The summed E-state index contributed by atoms with van der Waals surface area (Å²) >= 11 is 2.66. The molecule has 4 heterocycles. The van der Waals surface area contributed by atoms with E-state index in [0.717, 1.165) is 5.01 Å². The van der Waals surface area contributed by atoms with Gasteiger partial charge in [-0.25, -0.2) is 24.7 Å². The zero-order valence-electron chi connectivity index (χ0n) is 19.3. The first kappa shape index (κ1) is 24.3. The zero-order chi connectivity index (χ0) is 24.3. The first-order chi connectivity index (χ1) is 16.2. The van der Waals surface area contributed by atoms with Crippen LogP contribution in [0.3, 0.4) is 0 Å². The Morgan fingerprint density at radius 3 is 2.56 bits per heavy atom. The van der Waals surface area contributed by atoms with Crippen molar-refractivity contribution < 1.29 is 14.3 Å². The third-order valence-corrected chi connectivity index (χ3v) is 6.98. The Balaban J connectivity index is 1.54. The molecule has 12 heteroatoms. The van der Waals surface area contributed by atoms with Crippen LogP contribution in [0.1, 0.15) is 44.7 Å². The van der Waals surface area contributed by atoms with Crippen molar-refractivity contribution in [1.82, 2.24) is 29.4 Å². The number of Topliss-reactive ketones (excluding diaryl/α,β-unsaturated/α-hetero) is 1. The van der Waals surface area contributed by atoms with Gasteiger partial charge in [-0.15, -0.1) is 11.3 Å². The van der Waals surface area contributed by atoms with E-state index in [-0.39, 0.29) is 46.8 Å². The third-order valence-electron chi connectivity index (χ3n) is 5.18. The number of aromatic nitrogens is 5. The first-order valence-corrected chi connectivity index (χ1v) is 12.8. The molecule has 1 fully saturated rings. The molecule has 1 aliphatic heterocycles. The summed E-state index contributed by atoms with van der Waals surface area (Å²) in [5, 5.41) is 3.02. The number of nitrogens with zero attached hydrogens (tertiary/aromatic N) is 6. The quantitative estimate of drug-likeness (QED) is 0.370. The monoisotopic (exact) mass is 502 g/mol. The van der Waals surface area contributed by atoms with Crippen LogP contribution in [0.2, 0.25) is 0 Å². The van der Waals surface area contributed by atoms with Crippen LogP contribution in [0, 0.1) is 0 Å². The fourth-order valence-electron chi connectivity index (χ4n) is 3.67. The largest absolute Gasteiger partial charge is 0.444 e. The smallest absolute Gasteiger partial charge is 0.410 e. The molecule has 3 aromatic heterocycles. The third kappa shape index (κ3) is 5.79. The van der Waals surface area contributed by atoms with Gasteiger partial charge < -0.3 is 9.64 Å². The van der Waals surface area contributed by atoms with Crippen LogP contribution in [-0.2, 0) is 16.0 Å². The van der Waals surface area contributed by atoms with Crippen molar-refractivity contribution in [3.8, 4) is 0 Å². The number of thiazole rings is 1. The second kappa shape index (κ2) is 10.2. The molecule has 0 aromatic carbocycles. The molecular weight excluding hydrogens is 476 g/mol. The van der Waals surface area contributed by atoms with E-state index in [1.54, 1.807) is 15.7 Å². The van der Waals surface area contributed by atoms with E-state index in [4.69, 9.17) is 4.74 Å². The summed E-state index contributed by atoms with van der Waals surface area (Å²) in [6.45, 7) is 6.41. The van der Waals surface area contributed by atoms with Crippen molar-refractivity contribution in [3.05, 3.63) is 39.3 Å². The number of thioether (sulfide) groups is 1. The summed E-state index contributed by atoms with van der Waals surface area (Å²) in [5.41, 5.74) is -0.412. The van der Waals surface area contributed by atoms with E-state index >= 15 is 0 Å². The highest BCUT2D eigenvalue weighted by atomic mass is 32.2. The summed E-state index contributed by atoms with van der Waals surface area (Å²) in [5.74, 6) is 0.161. The van der Waals surface area contributed by atoms with Crippen molar-refractivity contribution in [2.24, 2.45) is 0 Å². The van der Waals surface area contributed by atoms with Crippen molar-refractivity contribution >= 4 is 46.1 Å². The van der Waals surface area contributed by atoms with Gasteiger partial charge in [0.2, 0.25) is 0 Å². The number of hydrogen-bond donors (Lipinski definition) is 0. The molecule has 1 saturated heterocycles. The molecular formula is C22H26N6O4S2. The fraction of sp³-hybridized carbons (Fsp3) is 0.500. The van der Waals surface area contributed by atoms with Gasteiger partial charge in [0.05, 0.1) is 17.2 Å². The number of likely N-dealkylation sites (tertiary alicyclic amines) is 1. The fourth-order valence-corrected chi connectivity index (χ4v) is 5.23. The number of carbonyl (C=O) groups excluding carboxylic acids is 2. The summed E-state index contributed by atoms with van der Waals surface area (Å²) in [6.07, 6.45) is 5.64. The summed E-state index contributed by atoms with van der Waals surface area (Å²) in [7, 11) is 0. The Bertz CT molecular complexity index is 1230. The first-order valence-electron chi connectivity index (χ1n) is 11.0. The minimum Gasteiger partial charge on any atom is -0.444 e. The molecule has 34 heavy (non-hydrogen) atoms. The molecule has 0 aliphatic carbocycles.